The van der Waals surface area contributed by atoms with E-state index in [1.807, 2.05) is 0 Å². The van der Waals surface area contributed by atoms with Gasteiger partial charge in [0.25, 0.3) is 5.69 Å². The Bertz CT molecular complexity index is 466. The third kappa shape index (κ3) is 4.84. The van der Waals surface area contributed by atoms with Crippen molar-refractivity contribution in [2.45, 2.75) is 26.3 Å². The van der Waals surface area contributed by atoms with Gasteiger partial charge in [-0.05, 0) is 19.4 Å². The molecule has 19 heavy (non-hydrogen) atoms. The summed E-state index contributed by atoms with van der Waals surface area (Å²) in [6, 6.07) is 4.67. The third-order valence-electron chi connectivity index (χ3n) is 2.68. The van der Waals surface area contributed by atoms with E-state index in [9.17, 15) is 14.9 Å². The SMILES string of the molecule is Cc1ccc(C(C)NC(=O)CCN)cc1[N+](=O)[O-].Cl. The average molecular weight is 288 g/mol. The van der Waals surface area contributed by atoms with Gasteiger partial charge in [-0.3, -0.25) is 14.9 Å². The maximum Gasteiger partial charge on any atom is 0.272 e. The Hall–Kier alpha value is -1.66. The van der Waals surface area contributed by atoms with Crippen molar-refractivity contribution < 1.29 is 9.72 Å². The molecule has 6 nitrogen and oxygen atoms in total. The second-order valence-corrected chi connectivity index (χ2v) is 4.13. The molecule has 0 aromatic heterocycles. The van der Waals surface area contributed by atoms with Crippen LogP contribution in [-0.4, -0.2) is 17.4 Å². The van der Waals surface area contributed by atoms with Crippen LogP contribution in [0.2, 0.25) is 0 Å². The van der Waals surface area contributed by atoms with Gasteiger partial charge in [0.15, 0.2) is 0 Å². The van der Waals surface area contributed by atoms with Crippen LogP contribution in [0.4, 0.5) is 5.69 Å². The molecule has 0 radical (unpaired) electrons. The summed E-state index contributed by atoms with van der Waals surface area (Å²) < 4.78 is 0. The molecule has 0 aliphatic carbocycles. The number of nitro groups is 1. The van der Waals surface area contributed by atoms with Crippen LogP contribution in [0, 0.1) is 17.0 Å². The van der Waals surface area contributed by atoms with E-state index in [1.165, 1.54) is 6.07 Å². The number of carbonyl (C=O) groups excluding carboxylic acids is 1. The number of nitrogens with two attached hydrogens (primary N) is 1. The quantitative estimate of drug-likeness (QED) is 0.638. The summed E-state index contributed by atoms with van der Waals surface area (Å²) in [5.74, 6) is -0.159. The number of nitrogens with one attached hydrogen (secondary N) is 1. The molecule has 0 spiro atoms. The van der Waals surface area contributed by atoms with Gasteiger partial charge in [0, 0.05) is 24.6 Å². The van der Waals surface area contributed by atoms with Gasteiger partial charge in [0.1, 0.15) is 0 Å². The first-order valence-electron chi connectivity index (χ1n) is 5.70. The normalized spacial score (nSPS) is 11.3. The summed E-state index contributed by atoms with van der Waals surface area (Å²) in [6.45, 7) is 3.75. The van der Waals surface area contributed by atoms with Crippen molar-refractivity contribution in [3.8, 4) is 0 Å². The number of benzene rings is 1. The first-order valence-corrected chi connectivity index (χ1v) is 5.70. The zero-order valence-corrected chi connectivity index (χ0v) is 11.7. The van der Waals surface area contributed by atoms with E-state index in [-0.39, 0.29) is 43.0 Å². The first-order chi connectivity index (χ1) is 8.45. The van der Waals surface area contributed by atoms with Crippen LogP contribution in [0.25, 0.3) is 0 Å². The topological polar surface area (TPSA) is 98.3 Å². The lowest BCUT2D eigenvalue weighted by Gasteiger charge is -2.14. The molecule has 3 N–H and O–H groups in total. The van der Waals surface area contributed by atoms with Gasteiger partial charge >= 0.3 is 0 Å². The molecule has 1 aromatic rings. The molecule has 7 heteroatoms. The van der Waals surface area contributed by atoms with Crippen LogP contribution < -0.4 is 11.1 Å². The zero-order chi connectivity index (χ0) is 13.7. The lowest BCUT2D eigenvalue weighted by atomic mass is 10.0. The Kier molecular flexibility index (Phi) is 7.03. The number of aryl methyl sites for hydroxylation is 1. The number of hydrogen-bond acceptors (Lipinski definition) is 4. The molecule has 106 valence electrons. The van der Waals surface area contributed by atoms with Crippen LogP contribution in [0.1, 0.15) is 30.5 Å². The minimum absolute atomic E-state index is 0. The second-order valence-electron chi connectivity index (χ2n) is 4.13. The van der Waals surface area contributed by atoms with Gasteiger partial charge in [-0.25, -0.2) is 0 Å². The highest BCUT2D eigenvalue weighted by atomic mass is 35.5. The average Bonchev–Trinajstić information content (AvgIpc) is 2.29. The Morgan fingerprint density at radius 3 is 2.68 bits per heavy atom. The monoisotopic (exact) mass is 287 g/mol. The highest BCUT2D eigenvalue weighted by Gasteiger charge is 2.15. The van der Waals surface area contributed by atoms with E-state index in [0.717, 1.165) is 0 Å². The lowest BCUT2D eigenvalue weighted by Crippen LogP contribution is -2.28. The summed E-state index contributed by atoms with van der Waals surface area (Å²) in [4.78, 5) is 21.8. The maximum absolute atomic E-state index is 11.4. The standard InChI is InChI=1S/C12H17N3O3.ClH/c1-8-3-4-10(7-11(8)15(17)18)9(2)14-12(16)5-6-13;/h3-4,7,9H,5-6,13H2,1-2H3,(H,14,16);1H. The number of nitrogens with zero attached hydrogens (tertiary/aromatic N) is 1. The van der Waals surface area contributed by atoms with E-state index >= 15 is 0 Å². The van der Waals surface area contributed by atoms with Gasteiger partial charge in [-0.1, -0.05) is 12.1 Å². The Morgan fingerprint density at radius 1 is 1.53 bits per heavy atom. The van der Waals surface area contributed by atoms with Crippen LogP contribution in [0.3, 0.4) is 0 Å². The zero-order valence-electron chi connectivity index (χ0n) is 10.9. The van der Waals surface area contributed by atoms with Gasteiger partial charge in [-0.2, -0.15) is 0 Å². The molecule has 1 unspecified atom stereocenters. The van der Waals surface area contributed by atoms with Crippen molar-refractivity contribution in [3.05, 3.63) is 39.4 Å². The molecule has 1 rings (SSSR count). The predicted octanol–water partition coefficient (Wildman–Crippen LogP) is 1.85. The van der Waals surface area contributed by atoms with Crippen LogP contribution in [-0.2, 0) is 4.79 Å². The molecular weight excluding hydrogens is 270 g/mol. The molecule has 0 fully saturated rings. The van der Waals surface area contributed by atoms with Crippen molar-refractivity contribution in [2.24, 2.45) is 5.73 Å². The first kappa shape index (κ1) is 17.3. The summed E-state index contributed by atoms with van der Waals surface area (Å²) in [5, 5.41) is 13.6. The summed E-state index contributed by atoms with van der Waals surface area (Å²) in [7, 11) is 0. The highest BCUT2D eigenvalue weighted by molar-refractivity contribution is 5.85. The molecule has 0 aliphatic heterocycles. The molecule has 0 aliphatic rings. The minimum Gasteiger partial charge on any atom is -0.350 e. The molecule has 1 aromatic carbocycles. The fourth-order valence-electron chi connectivity index (χ4n) is 1.62. The number of amides is 1. The lowest BCUT2D eigenvalue weighted by molar-refractivity contribution is -0.385. The van der Waals surface area contributed by atoms with Gasteiger partial charge < -0.3 is 11.1 Å². The van der Waals surface area contributed by atoms with E-state index in [2.05, 4.69) is 5.32 Å². The maximum atomic E-state index is 11.4. The summed E-state index contributed by atoms with van der Waals surface area (Å²) in [6.07, 6.45) is 0.248. The Labute approximate surface area is 117 Å². The van der Waals surface area contributed by atoms with E-state index in [1.54, 1.807) is 26.0 Å². The fraction of sp³-hybridized carbons (Fsp3) is 0.417. The van der Waals surface area contributed by atoms with Crippen molar-refractivity contribution in [3.63, 3.8) is 0 Å². The fourth-order valence-corrected chi connectivity index (χ4v) is 1.62. The Balaban J connectivity index is 0.00000324. The highest BCUT2D eigenvalue weighted by Crippen LogP contribution is 2.23. The largest absolute Gasteiger partial charge is 0.350 e. The molecule has 0 saturated heterocycles. The van der Waals surface area contributed by atoms with Crippen LogP contribution >= 0.6 is 12.4 Å². The van der Waals surface area contributed by atoms with Crippen molar-refractivity contribution >= 4 is 24.0 Å². The van der Waals surface area contributed by atoms with Gasteiger partial charge in [-0.15, -0.1) is 12.4 Å². The van der Waals surface area contributed by atoms with Gasteiger partial charge in [0.2, 0.25) is 5.91 Å². The van der Waals surface area contributed by atoms with E-state index in [4.69, 9.17) is 5.73 Å². The Morgan fingerprint density at radius 2 is 2.16 bits per heavy atom. The molecule has 0 heterocycles. The van der Waals surface area contributed by atoms with Crippen molar-refractivity contribution in [2.75, 3.05) is 6.54 Å². The van der Waals surface area contributed by atoms with Crippen LogP contribution in [0.5, 0.6) is 0 Å². The number of nitro benzene ring substituents is 1. The predicted molar refractivity (Wildman–Crippen MR) is 75.3 cm³/mol. The smallest absolute Gasteiger partial charge is 0.272 e. The molecule has 0 saturated carbocycles. The number of halogens is 1. The van der Waals surface area contributed by atoms with E-state index in [0.29, 0.717) is 11.1 Å². The molecular formula is C12H18ClN3O3. The second kappa shape index (κ2) is 7.70. The molecule has 1 amide bonds. The van der Waals surface area contributed by atoms with Crippen molar-refractivity contribution in [1.29, 1.82) is 0 Å². The summed E-state index contributed by atoms with van der Waals surface area (Å²) >= 11 is 0. The van der Waals surface area contributed by atoms with Crippen LogP contribution in [0.15, 0.2) is 18.2 Å². The minimum atomic E-state index is -0.423. The number of hydrogen-bond donors (Lipinski definition) is 2. The molecule has 1 atom stereocenters. The van der Waals surface area contributed by atoms with Gasteiger partial charge in [0.05, 0.1) is 11.0 Å². The summed E-state index contributed by atoms with van der Waals surface area (Å²) in [5.41, 5.74) is 6.65. The number of carbonyl (C=O) groups is 1. The van der Waals surface area contributed by atoms with E-state index < -0.39 is 4.92 Å². The number of rotatable bonds is 5. The third-order valence-corrected chi connectivity index (χ3v) is 2.68. The van der Waals surface area contributed by atoms with Crippen molar-refractivity contribution in [1.82, 2.24) is 5.32 Å². The molecule has 0 bridgehead atoms.